The zero-order valence-corrected chi connectivity index (χ0v) is 12.5. The van der Waals surface area contributed by atoms with Crippen molar-refractivity contribution in [3.8, 4) is 6.07 Å². The molecule has 3 fully saturated rings. The lowest BCUT2D eigenvalue weighted by atomic mass is 9.84. The predicted octanol–water partition coefficient (Wildman–Crippen LogP) is 2.01. The zero-order chi connectivity index (χ0) is 14.3. The summed E-state index contributed by atoms with van der Waals surface area (Å²) in [5, 5.41) is 8.78. The fraction of sp³-hybridized carbons (Fsp3) is 0.625. The van der Waals surface area contributed by atoms with Crippen molar-refractivity contribution in [3.63, 3.8) is 0 Å². The standard InChI is InChI=1S/C16H22N4/c1-16(2,3)19-10-14-6-15(11-19)20(14)9-12-4-5-13(7-17)18-8-12/h4-5,8,14-15H,6,9-11H2,1-3H3. The number of aromatic nitrogens is 1. The van der Waals surface area contributed by atoms with Crippen LogP contribution >= 0.6 is 0 Å². The van der Waals surface area contributed by atoms with E-state index in [0.29, 0.717) is 17.8 Å². The number of rotatable bonds is 2. The summed E-state index contributed by atoms with van der Waals surface area (Å²) in [5.74, 6) is 0. The normalized spacial score (nSPS) is 26.9. The maximum absolute atomic E-state index is 8.78. The van der Waals surface area contributed by atoms with Crippen molar-refractivity contribution in [2.24, 2.45) is 0 Å². The first-order chi connectivity index (χ1) is 9.47. The largest absolute Gasteiger partial charge is 0.295 e. The molecule has 0 aliphatic carbocycles. The molecule has 0 N–H and O–H groups in total. The third kappa shape index (κ3) is 2.44. The molecule has 0 spiro atoms. The lowest BCUT2D eigenvalue weighted by Crippen LogP contribution is -2.70. The maximum atomic E-state index is 8.78. The van der Waals surface area contributed by atoms with Crippen LogP contribution in [0.5, 0.6) is 0 Å². The van der Waals surface area contributed by atoms with Crippen molar-refractivity contribution < 1.29 is 0 Å². The summed E-state index contributed by atoms with van der Waals surface area (Å²) in [5.41, 5.74) is 1.98. The van der Waals surface area contributed by atoms with E-state index in [1.54, 1.807) is 0 Å². The van der Waals surface area contributed by atoms with Crippen molar-refractivity contribution >= 4 is 0 Å². The highest BCUT2D eigenvalue weighted by Crippen LogP contribution is 2.36. The molecule has 0 radical (unpaired) electrons. The third-order valence-corrected chi connectivity index (χ3v) is 4.60. The van der Waals surface area contributed by atoms with Crippen LogP contribution in [-0.4, -0.2) is 45.5 Å². The van der Waals surface area contributed by atoms with Crippen LogP contribution in [0.15, 0.2) is 18.3 Å². The van der Waals surface area contributed by atoms with Crippen LogP contribution in [0.4, 0.5) is 0 Å². The number of hydrogen-bond acceptors (Lipinski definition) is 4. The van der Waals surface area contributed by atoms with Crippen LogP contribution in [-0.2, 0) is 6.54 Å². The number of piperazine rings is 1. The smallest absolute Gasteiger partial charge is 0.140 e. The monoisotopic (exact) mass is 270 g/mol. The number of fused-ring (bicyclic) bond motifs is 2. The Morgan fingerprint density at radius 1 is 1.30 bits per heavy atom. The molecule has 0 amide bonds. The molecule has 3 saturated heterocycles. The molecule has 4 heterocycles. The lowest BCUT2D eigenvalue weighted by molar-refractivity contribution is -0.0997. The van der Waals surface area contributed by atoms with E-state index in [0.717, 1.165) is 6.54 Å². The van der Waals surface area contributed by atoms with Gasteiger partial charge in [0.15, 0.2) is 0 Å². The molecule has 2 atom stereocenters. The summed E-state index contributed by atoms with van der Waals surface area (Å²) >= 11 is 0. The minimum Gasteiger partial charge on any atom is -0.295 e. The molecule has 0 aromatic carbocycles. The summed E-state index contributed by atoms with van der Waals surface area (Å²) in [6.45, 7) is 10.2. The van der Waals surface area contributed by atoms with Crippen LogP contribution in [0.2, 0.25) is 0 Å². The molecule has 4 rings (SSSR count). The molecule has 4 heteroatoms. The second kappa shape index (κ2) is 4.83. The Balaban J connectivity index is 1.63. The highest BCUT2D eigenvalue weighted by atomic mass is 15.4. The van der Waals surface area contributed by atoms with Gasteiger partial charge >= 0.3 is 0 Å². The van der Waals surface area contributed by atoms with E-state index < -0.39 is 0 Å². The summed E-state index contributed by atoms with van der Waals surface area (Å²) in [4.78, 5) is 9.34. The summed E-state index contributed by atoms with van der Waals surface area (Å²) in [6, 6.07) is 7.27. The average Bonchev–Trinajstić information content (AvgIpc) is 2.44. The van der Waals surface area contributed by atoms with E-state index in [-0.39, 0.29) is 5.54 Å². The van der Waals surface area contributed by atoms with Gasteiger partial charge in [0.1, 0.15) is 11.8 Å². The molecule has 106 valence electrons. The van der Waals surface area contributed by atoms with E-state index >= 15 is 0 Å². The van der Waals surface area contributed by atoms with Gasteiger partial charge in [-0.05, 0) is 38.8 Å². The van der Waals surface area contributed by atoms with Crippen LogP contribution in [0.3, 0.4) is 0 Å². The molecule has 20 heavy (non-hydrogen) atoms. The molecule has 0 saturated carbocycles. The zero-order valence-electron chi connectivity index (χ0n) is 12.5. The Morgan fingerprint density at radius 3 is 2.50 bits per heavy atom. The van der Waals surface area contributed by atoms with E-state index in [1.165, 1.54) is 25.1 Å². The molecule has 3 aliphatic heterocycles. The van der Waals surface area contributed by atoms with Crippen molar-refractivity contribution in [3.05, 3.63) is 29.6 Å². The van der Waals surface area contributed by atoms with E-state index in [4.69, 9.17) is 5.26 Å². The van der Waals surface area contributed by atoms with E-state index in [1.807, 2.05) is 18.3 Å². The molecule has 2 unspecified atom stereocenters. The number of pyridine rings is 1. The van der Waals surface area contributed by atoms with Gasteiger partial charge in [0.25, 0.3) is 0 Å². The quantitative estimate of drug-likeness (QED) is 0.824. The number of nitriles is 1. The van der Waals surface area contributed by atoms with Gasteiger partial charge in [-0.3, -0.25) is 9.80 Å². The van der Waals surface area contributed by atoms with Gasteiger partial charge in [0, 0.05) is 43.5 Å². The minimum absolute atomic E-state index is 0.277. The predicted molar refractivity (Wildman–Crippen MR) is 78.0 cm³/mol. The van der Waals surface area contributed by atoms with Gasteiger partial charge in [-0.1, -0.05) is 6.07 Å². The second-order valence-corrected chi connectivity index (χ2v) is 6.95. The molecule has 4 nitrogen and oxygen atoms in total. The van der Waals surface area contributed by atoms with Gasteiger partial charge in [-0.2, -0.15) is 5.26 Å². The maximum Gasteiger partial charge on any atom is 0.140 e. The third-order valence-electron chi connectivity index (χ3n) is 4.60. The number of piperidine rings is 1. The van der Waals surface area contributed by atoms with Gasteiger partial charge in [0.2, 0.25) is 0 Å². The SMILES string of the molecule is CC(C)(C)N1CC2CC(C1)N2Cc1ccc(C#N)nc1. The molecular weight excluding hydrogens is 248 g/mol. The first-order valence-corrected chi connectivity index (χ1v) is 7.33. The Labute approximate surface area is 121 Å². The first kappa shape index (κ1) is 13.5. The number of nitrogens with zero attached hydrogens (tertiary/aromatic N) is 4. The van der Waals surface area contributed by atoms with E-state index in [2.05, 4.69) is 41.6 Å². The fourth-order valence-electron chi connectivity index (χ4n) is 3.29. The van der Waals surface area contributed by atoms with Crippen LogP contribution in [0.25, 0.3) is 0 Å². The molecule has 1 aromatic rings. The fourth-order valence-corrected chi connectivity index (χ4v) is 3.29. The van der Waals surface area contributed by atoms with Crippen LogP contribution in [0.1, 0.15) is 38.4 Å². The summed E-state index contributed by atoms with van der Waals surface area (Å²) in [7, 11) is 0. The molecular formula is C16H22N4. The van der Waals surface area contributed by atoms with Crippen LogP contribution in [0, 0.1) is 11.3 Å². The Bertz CT molecular complexity index is 511. The van der Waals surface area contributed by atoms with Gasteiger partial charge in [-0.25, -0.2) is 4.98 Å². The average molecular weight is 270 g/mol. The lowest BCUT2D eigenvalue weighted by Gasteiger charge is -2.59. The minimum atomic E-state index is 0.277. The van der Waals surface area contributed by atoms with Crippen molar-refractivity contribution in [1.29, 1.82) is 5.26 Å². The van der Waals surface area contributed by atoms with Gasteiger partial charge in [0.05, 0.1) is 0 Å². The molecule has 2 bridgehead atoms. The Kier molecular flexibility index (Phi) is 3.27. The second-order valence-electron chi connectivity index (χ2n) is 6.95. The summed E-state index contributed by atoms with van der Waals surface area (Å²) in [6.07, 6.45) is 3.17. The van der Waals surface area contributed by atoms with Crippen molar-refractivity contribution in [2.45, 2.75) is 51.4 Å². The van der Waals surface area contributed by atoms with Crippen LogP contribution < -0.4 is 0 Å². The van der Waals surface area contributed by atoms with Gasteiger partial charge < -0.3 is 0 Å². The molecule has 3 aliphatic rings. The van der Waals surface area contributed by atoms with Gasteiger partial charge in [-0.15, -0.1) is 0 Å². The highest BCUT2D eigenvalue weighted by molar-refractivity contribution is 5.23. The van der Waals surface area contributed by atoms with Crippen molar-refractivity contribution in [1.82, 2.24) is 14.8 Å². The molecule has 1 aromatic heterocycles. The first-order valence-electron chi connectivity index (χ1n) is 7.33. The Morgan fingerprint density at radius 2 is 2.00 bits per heavy atom. The highest BCUT2D eigenvalue weighted by Gasteiger charge is 2.46. The summed E-state index contributed by atoms with van der Waals surface area (Å²) < 4.78 is 0. The Hall–Kier alpha value is -1.44. The number of hydrogen-bond donors (Lipinski definition) is 0. The topological polar surface area (TPSA) is 43.2 Å². The van der Waals surface area contributed by atoms with Crippen molar-refractivity contribution in [2.75, 3.05) is 13.1 Å². The van der Waals surface area contributed by atoms with E-state index in [9.17, 15) is 0 Å².